The molecule has 0 spiro atoms. The Balaban J connectivity index is 1.35. The number of rotatable bonds is 16. The van der Waals surface area contributed by atoms with Crippen LogP contribution in [0.4, 0.5) is 0 Å². The number of hydrogen-bond donors (Lipinski definition) is 2. The number of hydrazone groups is 1. The molecule has 3 rings (SSSR count). The van der Waals surface area contributed by atoms with Gasteiger partial charge in [0, 0.05) is 18.5 Å². The summed E-state index contributed by atoms with van der Waals surface area (Å²) in [6, 6.07) is 14.6. The Morgan fingerprint density at radius 1 is 0.705 bits per heavy atom. The molecule has 3 aromatic rings. The minimum atomic E-state index is -0.541. The number of amides is 2. The van der Waals surface area contributed by atoms with Crippen molar-refractivity contribution in [3.63, 3.8) is 0 Å². The normalized spacial score (nSPS) is 10.6. The van der Waals surface area contributed by atoms with Crippen LogP contribution in [0.25, 0.3) is 0 Å². The summed E-state index contributed by atoms with van der Waals surface area (Å²) in [5.74, 6) is 1.47. The zero-order chi connectivity index (χ0) is 31.9. The monoisotopic (exact) mass is 607 g/mol. The van der Waals surface area contributed by atoms with Crippen molar-refractivity contribution in [2.75, 3.05) is 42.1 Å². The van der Waals surface area contributed by atoms with E-state index in [2.05, 4.69) is 15.8 Å². The van der Waals surface area contributed by atoms with E-state index in [-0.39, 0.29) is 11.8 Å². The van der Waals surface area contributed by atoms with Crippen molar-refractivity contribution in [3.05, 3.63) is 71.3 Å². The molecule has 12 nitrogen and oxygen atoms in total. The number of ether oxygens (including phenoxy) is 6. The maximum Gasteiger partial charge on any atom is 0.343 e. The predicted octanol–water partition coefficient (Wildman–Crippen LogP) is 4.39. The molecule has 0 saturated carbocycles. The quantitative estimate of drug-likeness (QED) is 0.0797. The molecule has 0 aromatic heterocycles. The summed E-state index contributed by atoms with van der Waals surface area (Å²) < 4.78 is 31.7. The zero-order valence-electron chi connectivity index (χ0n) is 25.4. The second kappa shape index (κ2) is 17.0. The number of nitrogens with one attached hydrogen (secondary N) is 2. The van der Waals surface area contributed by atoms with Gasteiger partial charge in [-0.1, -0.05) is 6.42 Å². The topological polar surface area (TPSA) is 143 Å². The highest BCUT2D eigenvalue weighted by molar-refractivity contribution is 5.95. The number of carbonyl (C=O) groups is 3. The van der Waals surface area contributed by atoms with Gasteiger partial charge in [0.05, 0.1) is 47.3 Å². The van der Waals surface area contributed by atoms with E-state index in [9.17, 15) is 14.4 Å². The third-order valence-electron chi connectivity index (χ3n) is 6.41. The van der Waals surface area contributed by atoms with Crippen LogP contribution >= 0.6 is 0 Å². The fourth-order valence-electron chi connectivity index (χ4n) is 4.09. The first kappa shape index (κ1) is 33.2. The van der Waals surface area contributed by atoms with Crippen LogP contribution in [0.5, 0.6) is 34.5 Å². The van der Waals surface area contributed by atoms with Gasteiger partial charge in [0.1, 0.15) is 5.75 Å². The molecule has 0 unspecified atom stereocenters. The number of nitrogens with zero attached hydrogens (tertiary/aromatic N) is 1. The van der Waals surface area contributed by atoms with Crippen molar-refractivity contribution in [2.45, 2.75) is 25.7 Å². The lowest BCUT2D eigenvalue weighted by atomic mass is 10.1. The van der Waals surface area contributed by atoms with E-state index < -0.39 is 5.97 Å². The number of carbonyl (C=O) groups excluding carboxylic acids is 3. The summed E-state index contributed by atoms with van der Waals surface area (Å²) in [7, 11) is 7.48. The second-order valence-corrected chi connectivity index (χ2v) is 9.30. The zero-order valence-corrected chi connectivity index (χ0v) is 25.4. The van der Waals surface area contributed by atoms with E-state index >= 15 is 0 Å². The van der Waals surface area contributed by atoms with E-state index in [1.165, 1.54) is 41.8 Å². The number of esters is 1. The lowest BCUT2D eigenvalue weighted by Crippen LogP contribution is -2.24. The minimum Gasteiger partial charge on any atom is -0.493 e. The van der Waals surface area contributed by atoms with Gasteiger partial charge in [-0.25, -0.2) is 10.2 Å². The van der Waals surface area contributed by atoms with Gasteiger partial charge >= 0.3 is 5.97 Å². The molecule has 2 N–H and O–H groups in total. The third-order valence-corrected chi connectivity index (χ3v) is 6.41. The molecule has 0 aliphatic rings. The fraction of sp³-hybridized carbons (Fsp3) is 0.312. The van der Waals surface area contributed by atoms with E-state index in [1.807, 2.05) is 0 Å². The van der Waals surface area contributed by atoms with Gasteiger partial charge < -0.3 is 33.7 Å². The molecule has 3 aromatic carbocycles. The maximum absolute atomic E-state index is 12.5. The summed E-state index contributed by atoms with van der Waals surface area (Å²) in [6.07, 6.45) is 3.88. The lowest BCUT2D eigenvalue weighted by Gasteiger charge is -2.14. The Kier molecular flexibility index (Phi) is 12.8. The van der Waals surface area contributed by atoms with E-state index in [0.717, 1.165) is 6.42 Å². The standard InChI is InChI=1S/C32H37N3O9/c1-39-25-15-12-22(17-26(25)40-2)32(38)44-24-13-10-21(11-14-24)20-34-35-29(36)9-7-6-8-16-33-31(37)23-18-27(41-3)30(43-5)28(19-23)42-4/h10-15,17-20H,6-9,16H2,1-5H3,(H,33,37)(H,35,36)/b34-20+. The number of unbranched alkanes of at least 4 members (excludes halogenated alkanes) is 2. The van der Waals surface area contributed by atoms with Crippen LogP contribution in [0.1, 0.15) is 52.0 Å². The first-order valence-corrected chi connectivity index (χ1v) is 13.8. The first-order valence-electron chi connectivity index (χ1n) is 13.8. The van der Waals surface area contributed by atoms with Gasteiger partial charge in [0.25, 0.3) is 5.91 Å². The van der Waals surface area contributed by atoms with Crippen molar-refractivity contribution in [1.82, 2.24) is 10.7 Å². The molecule has 0 bridgehead atoms. The molecular weight excluding hydrogens is 570 g/mol. The molecule has 0 saturated heterocycles. The summed E-state index contributed by atoms with van der Waals surface area (Å²) in [5, 5.41) is 6.84. The predicted molar refractivity (Wildman–Crippen MR) is 164 cm³/mol. The van der Waals surface area contributed by atoms with Crippen molar-refractivity contribution in [2.24, 2.45) is 5.10 Å². The summed E-state index contributed by atoms with van der Waals surface area (Å²) in [5.41, 5.74) is 3.91. The molecule has 2 amide bonds. The molecule has 0 atom stereocenters. The summed E-state index contributed by atoms with van der Waals surface area (Å²) in [4.78, 5) is 37.2. The van der Waals surface area contributed by atoms with Gasteiger partial charge in [-0.2, -0.15) is 5.10 Å². The van der Waals surface area contributed by atoms with Crippen LogP contribution in [-0.2, 0) is 4.79 Å². The average Bonchev–Trinajstić information content (AvgIpc) is 3.05. The van der Waals surface area contributed by atoms with Gasteiger partial charge in [-0.05, 0) is 73.0 Å². The Bertz CT molecular complexity index is 1430. The highest BCUT2D eigenvalue weighted by Crippen LogP contribution is 2.38. The molecule has 44 heavy (non-hydrogen) atoms. The average molecular weight is 608 g/mol. The molecule has 0 radical (unpaired) electrons. The Morgan fingerprint density at radius 3 is 1.95 bits per heavy atom. The van der Waals surface area contributed by atoms with Crippen LogP contribution < -0.4 is 39.2 Å². The molecule has 0 aliphatic heterocycles. The SMILES string of the molecule is COc1ccc(C(=O)Oc2ccc(/C=N/NC(=O)CCCCCNC(=O)c3cc(OC)c(OC)c(OC)c3)cc2)cc1OC. The molecule has 0 heterocycles. The van der Waals surface area contributed by atoms with Gasteiger partial charge in [-0.15, -0.1) is 0 Å². The number of hydrogen-bond acceptors (Lipinski definition) is 10. The minimum absolute atomic E-state index is 0.219. The first-order chi connectivity index (χ1) is 21.3. The van der Waals surface area contributed by atoms with Crippen LogP contribution in [-0.4, -0.2) is 66.1 Å². The van der Waals surface area contributed by atoms with E-state index in [4.69, 9.17) is 28.4 Å². The third kappa shape index (κ3) is 9.38. The molecule has 234 valence electrons. The number of methoxy groups -OCH3 is 5. The van der Waals surface area contributed by atoms with Gasteiger partial charge in [0.15, 0.2) is 23.0 Å². The van der Waals surface area contributed by atoms with Crippen LogP contribution in [0.15, 0.2) is 59.7 Å². The Labute approximate surface area is 256 Å². The van der Waals surface area contributed by atoms with Crippen molar-refractivity contribution in [3.8, 4) is 34.5 Å². The van der Waals surface area contributed by atoms with Crippen molar-refractivity contribution in [1.29, 1.82) is 0 Å². The maximum atomic E-state index is 12.5. The highest BCUT2D eigenvalue weighted by Gasteiger charge is 2.17. The van der Waals surface area contributed by atoms with Crippen LogP contribution in [0, 0.1) is 0 Å². The van der Waals surface area contributed by atoms with Crippen molar-refractivity contribution < 1.29 is 42.8 Å². The van der Waals surface area contributed by atoms with Gasteiger partial charge in [0.2, 0.25) is 11.7 Å². The Morgan fingerprint density at radius 2 is 1.34 bits per heavy atom. The van der Waals surface area contributed by atoms with Gasteiger partial charge in [-0.3, -0.25) is 9.59 Å². The summed E-state index contributed by atoms with van der Waals surface area (Å²) in [6.45, 7) is 0.453. The smallest absolute Gasteiger partial charge is 0.343 e. The summed E-state index contributed by atoms with van der Waals surface area (Å²) >= 11 is 0. The van der Waals surface area contributed by atoms with E-state index in [1.54, 1.807) is 54.6 Å². The molecular formula is C32H37N3O9. The lowest BCUT2D eigenvalue weighted by molar-refractivity contribution is -0.121. The molecule has 0 aliphatic carbocycles. The largest absolute Gasteiger partial charge is 0.493 e. The van der Waals surface area contributed by atoms with Crippen LogP contribution in [0.3, 0.4) is 0 Å². The number of benzene rings is 3. The van der Waals surface area contributed by atoms with Crippen LogP contribution in [0.2, 0.25) is 0 Å². The molecule has 0 fully saturated rings. The Hall–Kier alpha value is -5.26. The second-order valence-electron chi connectivity index (χ2n) is 9.30. The molecule has 12 heteroatoms. The van der Waals surface area contributed by atoms with E-state index in [0.29, 0.717) is 77.0 Å². The highest BCUT2D eigenvalue weighted by atomic mass is 16.5. The van der Waals surface area contributed by atoms with Crippen molar-refractivity contribution >= 4 is 24.0 Å². The fourth-order valence-corrected chi connectivity index (χ4v) is 4.09.